The number of nitrogens with one attached hydrogen (secondary N) is 2. The second kappa shape index (κ2) is 9.76. The molecule has 0 saturated carbocycles. The third kappa shape index (κ3) is 7.78. The summed E-state index contributed by atoms with van der Waals surface area (Å²) in [7, 11) is -3.56. The summed E-state index contributed by atoms with van der Waals surface area (Å²) in [4.78, 5) is 23.5. The summed E-state index contributed by atoms with van der Waals surface area (Å²) in [6.07, 6.45) is 1.21. The number of unbranched alkanes of at least 4 members (excludes halogenated alkanes) is 1. The maximum absolute atomic E-state index is 11.8. The smallest absolute Gasteiger partial charge is 0.324 e. The van der Waals surface area contributed by atoms with Gasteiger partial charge in [0.1, 0.15) is 6.04 Å². The van der Waals surface area contributed by atoms with Crippen LogP contribution in [0, 0.1) is 11.3 Å². The Morgan fingerprint density at radius 3 is 2.48 bits per heavy atom. The number of nitrogens with zero attached hydrogens (tertiary/aromatic N) is 1. The third-order valence-corrected chi connectivity index (χ3v) is 4.66. The quantitative estimate of drug-likeness (QED) is 0.631. The molecule has 0 aliphatic rings. The Kier molecular flexibility index (Phi) is 8.04. The lowest BCUT2D eigenvalue weighted by molar-refractivity contribution is -0.148. The van der Waals surface area contributed by atoms with E-state index in [1.54, 1.807) is 12.1 Å². The second-order valence-electron chi connectivity index (χ2n) is 5.36. The molecule has 0 aliphatic carbocycles. The molecule has 0 heterocycles. The van der Waals surface area contributed by atoms with Crippen LogP contribution in [0.5, 0.6) is 0 Å². The van der Waals surface area contributed by atoms with E-state index in [0.29, 0.717) is 17.7 Å². The molecule has 1 aromatic rings. The number of ether oxygens (including phenoxy) is 1. The summed E-state index contributed by atoms with van der Waals surface area (Å²) >= 11 is 0. The number of benzene rings is 1. The lowest BCUT2D eigenvalue weighted by Crippen LogP contribution is -2.41. The molecule has 0 unspecified atom stereocenters. The van der Waals surface area contributed by atoms with Crippen LogP contribution < -0.4 is 10.0 Å². The highest BCUT2D eigenvalue weighted by atomic mass is 32.2. The number of anilines is 1. The average Bonchev–Trinajstić information content (AvgIpc) is 2.58. The highest BCUT2D eigenvalue weighted by Gasteiger charge is 2.21. The number of nitriles is 1. The number of sulfonamides is 1. The summed E-state index contributed by atoms with van der Waals surface area (Å²) in [5.41, 5.74) is 0.905. The fourth-order valence-corrected chi connectivity index (χ4v) is 3.22. The zero-order chi connectivity index (χ0) is 18.9. The van der Waals surface area contributed by atoms with E-state index in [-0.39, 0.29) is 5.75 Å². The summed E-state index contributed by atoms with van der Waals surface area (Å²) in [5, 5.41) is 11.2. The van der Waals surface area contributed by atoms with Gasteiger partial charge in [0.25, 0.3) is 5.91 Å². The Hall–Kier alpha value is -2.44. The molecule has 1 amide bonds. The summed E-state index contributed by atoms with van der Waals surface area (Å²) < 4.78 is 30.4. The molecule has 9 heteroatoms. The first-order chi connectivity index (χ1) is 11.8. The van der Waals surface area contributed by atoms with Crippen LogP contribution in [0.2, 0.25) is 0 Å². The minimum Gasteiger partial charge on any atom is -0.454 e. The summed E-state index contributed by atoms with van der Waals surface area (Å²) in [6, 6.07) is 7.04. The van der Waals surface area contributed by atoms with Gasteiger partial charge >= 0.3 is 5.97 Å². The van der Waals surface area contributed by atoms with Crippen molar-refractivity contribution in [1.82, 2.24) is 4.72 Å². The molecular weight excluding hydrogens is 346 g/mol. The van der Waals surface area contributed by atoms with Crippen molar-refractivity contribution in [2.45, 2.75) is 32.7 Å². The molecule has 0 radical (unpaired) electrons. The third-order valence-electron chi connectivity index (χ3n) is 3.12. The van der Waals surface area contributed by atoms with Crippen LogP contribution in [0.1, 0.15) is 32.3 Å². The van der Waals surface area contributed by atoms with Gasteiger partial charge in [-0.15, -0.1) is 0 Å². The van der Waals surface area contributed by atoms with Crippen LogP contribution in [0.15, 0.2) is 24.3 Å². The lowest BCUT2D eigenvalue weighted by atomic mass is 10.2. The molecule has 8 nitrogen and oxygen atoms in total. The second-order valence-corrected chi connectivity index (χ2v) is 7.23. The van der Waals surface area contributed by atoms with Crippen molar-refractivity contribution < 1.29 is 22.7 Å². The number of rotatable bonds is 9. The van der Waals surface area contributed by atoms with Gasteiger partial charge in [-0.1, -0.05) is 13.3 Å². The molecule has 1 aromatic carbocycles. The van der Waals surface area contributed by atoms with Crippen LogP contribution in [0.25, 0.3) is 0 Å². The summed E-state index contributed by atoms with van der Waals surface area (Å²) in [5.74, 6) is -1.48. The van der Waals surface area contributed by atoms with Crippen molar-refractivity contribution in [2.24, 2.45) is 0 Å². The molecule has 0 aromatic heterocycles. The normalized spacial score (nSPS) is 12.0. The van der Waals surface area contributed by atoms with Crippen molar-refractivity contribution in [2.75, 3.05) is 17.7 Å². The van der Waals surface area contributed by atoms with Crippen LogP contribution >= 0.6 is 0 Å². The van der Waals surface area contributed by atoms with Gasteiger partial charge in [0.05, 0.1) is 17.4 Å². The van der Waals surface area contributed by atoms with Gasteiger partial charge in [0.15, 0.2) is 6.61 Å². The zero-order valence-electron chi connectivity index (χ0n) is 14.1. The molecule has 0 bridgehead atoms. The minimum atomic E-state index is -3.56. The number of esters is 1. The Morgan fingerprint density at radius 1 is 1.28 bits per heavy atom. The number of carbonyl (C=O) groups excluding carboxylic acids is 2. The average molecular weight is 367 g/mol. The molecular formula is C16H21N3O5S. The molecule has 0 saturated heterocycles. The number of carbonyl (C=O) groups is 2. The maximum atomic E-state index is 11.8. The van der Waals surface area contributed by atoms with E-state index in [0.717, 1.165) is 6.42 Å². The van der Waals surface area contributed by atoms with Gasteiger partial charge in [-0.2, -0.15) is 5.26 Å². The van der Waals surface area contributed by atoms with E-state index < -0.39 is 34.5 Å². The first-order valence-corrected chi connectivity index (χ1v) is 9.39. The van der Waals surface area contributed by atoms with E-state index in [1.165, 1.54) is 19.1 Å². The predicted octanol–water partition coefficient (Wildman–Crippen LogP) is 1.15. The topological polar surface area (TPSA) is 125 Å². The molecule has 0 spiro atoms. The van der Waals surface area contributed by atoms with Crippen molar-refractivity contribution in [3.05, 3.63) is 29.8 Å². The van der Waals surface area contributed by atoms with E-state index >= 15 is 0 Å². The maximum Gasteiger partial charge on any atom is 0.324 e. The first kappa shape index (κ1) is 20.6. The number of hydrogen-bond acceptors (Lipinski definition) is 6. The van der Waals surface area contributed by atoms with Crippen molar-refractivity contribution in [3.8, 4) is 6.07 Å². The highest BCUT2D eigenvalue weighted by Crippen LogP contribution is 2.08. The Balaban J connectivity index is 2.43. The Morgan fingerprint density at radius 2 is 1.92 bits per heavy atom. The highest BCUT2D eigenvalue weighted by molar-refractivity contribution is 7.89. The van der Waals surface area contributed by atoms with Crippen molar-refractivity contribution >= 4 is 27.6 Å². The van der Waals surface area contributed by atoms with Crippen LogP contribution in [0.3, 0.4) is 0 Å². The van der Waals surface area contributed by atoms with Crippen LogP contribution in [0.4, 0.5) is 5.69 Å². The van der Waals surface area contributed by atoms with E-state index in [2.05, 4.69) is 10.0 Å². The Labute approximate surface area is 147 Å². The molecule has 25 heavy (non-hydrogen) atoms. The van der Waals surface area contributed by atoms with E-state index in [1.807, 2.05) is 13.0 Å². The minimum absolute atomic E-state index is 0.0691. The molecule has 0 aliphatic heterocycles. The zero-order valence-corrected chi connectivity index (χ0v) is 14.9. The van der Waals surface area contributed by atoms with E-state index in [9.17, 15) is 18.0 Å². The van der Waals surface area contributed by atoms with Gasteiger partial charge in [0.2, 0.25) is 10.0 Å². The fourth-order valence-electron chi connectivity index (χ4n) is 1.80. The first-order valence-electron chi connectivity index (χ1n) is 7.74. The van der Waals surface area contributed by atoms with Gasteiger partial charge in [0, 0.05) is 5.69 Å². The molecule has 2 N–H and O–H groups in total. The van der Waals surface area contributed by atoms with Crippen molar-refractivity contribution in [3.63, 3.8) is 0 Å². The number of hydrogen-bond donors (Lipinski definition) is 2. The lowest BCUT2D eigenvalue weighted by Gasteiger charge is -2.13. The van der Waals surface area contributed by atoms with Gasteiger partial charge in [-0.3, -0.25) is 9.59 Å². The molecule has 0 fully saturated rings. The van der Waals surface area contributed by atoms with Gasteiger partial charge in [-0.05, 0) is 37.6 Å². The Bertz CT molecular complexity index is 738. The monoisotopic (exact) mass is 367 g/mol. The fraction of sp³-hybridized carbons (Fsp3) is 0.438. The standard InChI is InChI=1S/C16H21N3O5S/c1-3-4-9-25(22,23)19-12(2)16(21)24-11-15(20)18-14-7-5-13(10-17)6-8-14/h5-8,12,19H,3-4,9,11H2,1-2H3,(H,18,20)/t12-/m0/s1. The van der Waals surface area contributed by atoms with Crippen LogP contribution in [-0.4, -0.2) is 38.7 Å². The van der Waals surface area contributed by atoms with Gasteiger partial charge in [-0.25, -0.2) is 13.1 Å². The summed E-state index contributed by atoms with van der Waals surface area (Å²) in [6.45, 7) is 2.67. The predicted molar refractivity (Wildman–Crippen MR) is 92.0 cm³/mol. The molecule has 1 atom stereocenters. The van der Waals surface area contributed by atoms with Gasteiger partial charge < -0.3 is 10.1 Å². The van der Waals surface area contributed by atoms with E-state index in [4.69, 9.17) is 10.00 Å². The SMILES string of the molecule is CCCCS(=O)(=O)N[C@@H](C)C(=O)OCC(=O)Nc1ccc(C#N)cc1. The van der Waals surface area contributed by atoms with Crippen molar-refractivity contribution in [1.29, 1.82) is 5.26 Å². The number of amides is 1. The molecule has 1 rings (SSSR count). The largest absolute Gasteiger partial charge is 0.454 e. The molecule has 136 valence electrons. The van der Waals surface area contributed by atoms with Crippen LogP contribution in [-0.2, 0) is 24.3 Å².